The number of epoxide rings is 1. The predicted octanol–water partition coefficient (Wildman–Crippen LogP) is 1.56. The van der Waals surface area contributed by atoms with Crippen molar-refractivity contribution in [2.45, 2.75) is 123 Å². The zero-order valence-corrected chi connectivity index (χ0v) is 29.7. The molecule has 2 N–H and O–H groups in total. The Bertz CT molecular complexity index is 1630. The molecule has 50 heavy (non-hydrogen) atoms. The minimum absolute atomic E-state index is 0.0398. The second-order valence-electron chi connectivity index (χ2n) is 16.5. The van der Waals surface area contributed by atoms with Gasteiger partial charge in [-0.05, 0) is 44.1 Å². The van der Waals surface area contributed by atoms with Crippen LogP contribution in [0, 0.1) is 51.8 Å². The van der Waals surface area contributed by atoms with Gasteiger partial charge in [-0.15, -0.1) is 0 Å². The summed E-state index contributed by atoms with van der Waals surface area (Å²) in [5, 5.41) is 24.5. The van der Waals surface area contributed by atoms with Gasteiger partial charge in [-0.25, -0.2) is 4.79 Å². The second kappa shape index (κ2) is 10.6. The van der Waals surface area contributed by atoms with E-state index in [1.54, 1.807) is 19.9 Å². The molecule has 6 fully saturated rings. The van der Waals surface area contributed by atoms with Crippen LogP contribution in [0.25, 0.3) is 0 Å². The first kappa shape index (κ1) is 35.1. The Morgan fingerprint density at radius 3 is 2.02 bits per heavy atom. The first-order valence-corrected chi connectivity index (χ1v) is 17.4. The predicted molar refractivity (Wildman–Crippen MR) is 166 cm³/mol. The number of allylic oxidation sites excluding steroid dienone is 1. The minimum atomic E-state index is -2.20. The van der Waals surface area contributed by atoms with E-state index < -0.39 is 135 Å². The van der Waals surface area contributed by atoms with Crippen molar-refractivity contribution < 1.29 is 67.4 Å². The molecular formula is C36H46O14. The number of aliphatic hydroxyl groups is 2. The van der Waals surface area contributed by atoms with Crippen molar-refractivity contribution in [1.82, 2.24) is 0 Å². The van der Waals surface area contributed by atoms with Gasteiger partial charge in [0.2, 0.25) is 5.78 Å². The molecule has 7 rings (SSSR count). The SMILES string of the molecule is CC(=O)O[C@@H]1[C@H]2[C@@H]3[C@@H](OC(C)=O)C(=O)[C@@]4(O)C[C@@H]5O[C@@H]5[C@H](OC(C)=O)[C@]4(C)[C@H]3C[C@H](OC(C)=O)[C@]2(C)[C@@H]2[C@@H]1[C@]1(C)C(=C[C@H]2C)OC(=O)[C@@]1(C)O. The number of rotatable bonds is 4. The average molecular weight is 703 g/mol. The lowest BCUT2D eigenvalue weighted by molar-refractivity contribution is -0.269. The molecule has 17 atom stereocenters. The minimum Gasteiger partial charge on any atom is -0.462 e. The van der Waals surface area contributed by atoms with Gasteiger partial charge in [0.1, 0.15) is 35.8 Å². The average Bonchev–Trinajstić information content (AvgIpc) is 3.66. The first-order valence-electron chi connectivity index (χ1n) is 17.4. The Balaban J connectivity index is 1.52. The number of carbonyl (C=O) groups is 6. The number of ketones is 1. The maximum Gasteiger partial charge on any atom is 0.343 e. The van der Waals surface area contributed by atoms with Crippen LogP contribution in [0.3, 0.4) is 0 Å². The third-order valence-electron chi connectivity index (χ3n) is 14.2. The standard InChI is InChI=1S/C36H46O14/c1-13-10-21-34(8,35(9,43)31(42)50-21)25-23(13)32(6)20(45-14(2)37)11-18-22(24(32)28(25)47-16(4)39)27(46-15(3)38)29(41)36(44)12-19-26(49-19)30(33(18,36)7)48-17(5)40/h10,13,18-20,22-28,30,43-44H,11-12H2,1-9H3/t13-,18+,19+,20+,22-,23+,24-,25+,26+,27-,28-,30+,32-,33+,34+,35-,36+/m1/s1. The maximum atomic E-state index is 14.9. The molecule has 2 heterocycles. The van der Waals surface area contributed by atoms with E-state index in [4.69, 9.17) is 28.4 Å². The molecule has 0 radical (unpaired) electrons. The number of carbonyl (C=O) groups excluding carboxylic acids is 6. The number of hydrogen-bond acceptors (Lipinski definition) is 14. The van der Waals surface area contributed by atoms with Gasteiger partial charge in [0.25, 0.3) is 0 Å². The Hall–Kier alpha value is -3.36. The normalized spacial score (nSPS) is 52.3. The van der Waals surface area contributed by atoms with Crippen LogP contribution in [-0.4, -0.2) is 93.7 Å². The Labute approximate surface area is 289 Å². The first-order chi connectivity index (χ1) is 23.1. The Kier molecular flexibility index (Phi) is 7.43. The van der Waals surface area contributed by atoms with E-state index in [2.05, 4.69) is 0 Å². The molecule has 2 saturated heterocycles. The highest BCUT2D eigenvalue weighted by molar-refractivity contribution is 5.95. The van der Waals surface area contributed by atoms with Crippen LogP contribution >= 0.6 is 0 Å². The molecule has 0 aromatic carbocycles. The van der Waals surface area contributed by atoms with Gasteiger partial charge in [0.05, 0.1) is 11.5 Å². The fourth-order valence-corrected chi connectivity index (χ4v) is 12.1. The third kappa shape index (κ3) is 4.12. The van der Waals surface area contributed by atoms with Crippen molar-refractivity contribution in [3.63, 3.8) is 0 Å². The van der Waals surface area contributed by atoms with Gasteiger partial charge in [0.15, 0.2) is 11.7 Å². The molecule has 7 aliphatic rings. The van der Waals surface area contributed by atoms with Gasteiger partial charge in [-0.2, -0.15) is 0 Å². The largest absolute Gasteiger partial charge is 0.462 e. The van der Waals surface area contributed by atoms with Crippen molar-refractivity contribution in [3.8, 4) is 0 Å². The molecule has 2 aliphatic heterocycles. The van der Waals surface area contributed by atoms with Gasteiger partial charge in [-0.1, -0.05) is 20.8 Å². The summed E-state index contributed by atoms with van der Waals surface area (Å²) in [6.07, 6.45) is -4.30. The summed E-state index contributed by atoms with van der Waals surface area (Å²) < 4.78 is 35.8. The third-order valence-corrected chi connectivity index (χ3v) is 14.2. The number of ether oxygens (including phenoxy) is 6. The lowest BCUT2D eigenvalue weighted by Crippen LogP contribution is -2.77. The highest BCUT2D eigenvalue weighted by atomic mass is 16.6. The van der Waals surface area contributed by atoms with E-state index in [1.165, 1.54) is 27.7 Å². The molecule has 0 aromatic heterocycles. The molecule has 0 aromatic rings. The number of hydrogen-bond donors (Lipinski definition) is 2. The molecule has 0 bridgehead atoms. The Morgan fingerprint density at radius 2 is 1.44 bits per heavy atom. The van der Waals surface area contributed by atoms with E-state index >= 15 is 0 Å². The van der Waals surface area contributed by atoms with Crippen molar-refractivity contribution >= 4 is 35.6 Å². The zero-order chi connectivity index (χ0) is 36.8. The summed E-state index contributed by atoms with van der Waals surface area (Å²) in [4.78, 5) is 79.6. The second-order valence-corrected chi connectivity index (χ2v) is 16.5. The summed E-state index contributed by atoms with van der Waals surface area (Å²) in [5.74, 6) is -8.70. The van der Waals surface area contributed by atoms with E-state index in [9.17, 15) is 39.0 Å². The maximum absolute atomic E-state index is 14.9. The van der Waals surface area contributed by atoms with Crippen LogP contribution in [0.2, 0.25) is 0 Å². The van der Waals surface area contributed by atoms with Crippen LogP contribution in [-0.2, 0) is 57.2 Å². The van der Waals surface area contributed by atoms with Gasteiger partial charge in [-0.3, -0.25) is 24.0 Å². The van der Waals surface area contributed by atoms with Gasteiger partial charge in [0, 0.05) is 62.7 Å². The molecule has 0 unspecified atom stereocenters. The van der Waals surface area contributed by atoms with Crippen LogP contribution in [0.1, 0.15) is 75.2 Å². The fraction of sp³-hybridized carbons (Fsp3) is 0.778. The number of Topliss-reactive ketones (excluding diaryl/α,β-unsaturated/α-hetero) is 1. The lowest BCUT2D eigenvalue weighted by Gasteiger charge is -2.65. The van der Waals surface area contributed by atoms with Crippen LogP contribution in [0.4, 0.5) is 0 Å². The molecule has 14 heteroatoms. The quantitative estimate of drug-likeness (QED) is 0.243. The fourth-order valence-electron chi connectivity index (χ4n) is 12.1. The molecular weight excluding hydrogens is 656 g/mol. The van der Waals surface area contributed by atoms with Gasteiger partial charge >= 0.3 is 29.8 Å². The smallest absolute Gasteiger partial charge is 0.343 e. The van der Waals surface area contributed by atoms with Crippen LogP contribution < -0.4 is 0 Å². The monoisotopic (exact) mass is 702 g/mol. The van der Waals surface area contributed by atoms with Crippen molar-refractivity contribution in [2.24, 2.45) is 51.8 Å². The van der Waals surface area contributed by atoms with E-state index in [-0.39, 0.29) is 18.6 Å². The van der Waals surface area contributed by atoms with Crippen LogP contribution in [0.15, 0.2) is 11.8 Å². The van der Waals surface area contributed by atoms with E-state index in [0.717, 1.165) is 6.92 Å². The van der Waals surface area contributed by atoms with E-state index in [1.807, 2.05) is 13.8 Å². The highest BCUT2D eigenvalue weighted by Crippen LogP contribution is 2.76. The van der Waals surface area contributed by atoms with Crippen molar-refractivity contribution in [3.05, 3.63) is 11.8 Å². The Morgan fingerprint density at radius 1 is 0.840 bits per heavy atom. The summed E-state index contributed by atoms with van der Waals surface area (Å²) in [6, 6.07) is 0. The summed E-state index contributed by atoms with van der Waals surface area (Å²) in [7, 11) is 0. The van der Waals surface area contributed by atoms with Crippen molar-refractivity contribution in [2.75, 3.05) is 0 Å². The lowest BCUT2D eigenvalue weighted by atomic mass is 9.40. The van der Waals surface area contributed by atoms with E-state index in [0.29, 0.717) is 0 Å². The van der Waals surface area contributed by atoms with Gasteiger partial charge < -0.3 is 38.6 Å². The summed E-state index contributed by atoms with van der Waals surface area (Å²) in [5.41, 5.74) is -8.42. The molecule has 0 amide bonds. The zero-order valence-electron chi connectivity index (χ0n) is 29.7. The molecule has 274 valence electrons. The van der Waals surface area contributed by atoms with Crippen molar-refractivity contribution in [1.29, 1.82) is 0 Å². The molecule has 4 saturated carbocycles. The summed E-state index contributed by atoms with van der Waals surface area (Å²) >= 11 is 0. The number of esters is 5. The molecule has 5 aliphatic carbocycles. The van der Waals surface area contributed by atoms with Crippen LogP contribution in [0.5, 0.6) is 0 Å². The summed E-state index contributed by atoms with van der Waals surface area (Å²) in [6.45, 7) is 13.4. The molecule has 0 spiro atoms. The number of fused-ring (bicyclic) bond motifs is 10. The topological polar surface area (TPSA) is 202 Å². The highest BCUT2D eigenvalue weighted by Gasteiger charge is 2.84. The molecule has 14 nitrogen and oxygen atoms in total.